The number of carbonyl (C=O) groups excluding carboxylic acids is 1. The first-order chi connectivity index (χ1) is 10.8. The van der Waals surface area contributed by atoms with Crippen LogP contribution >= 0.6 is 22.7 Å². The predicted octanol–water partition coefficient (Wildman–Crippen LogP) is 4.23. The number of amides is 1. The molecule has 1 saturated heterocycles. The first kappa shape index (κ1) is 16.6. The van der Waals surface area contributed by atoms with Crippen LogP contribution in [0, 0.1) is 6.92 Å². The number of rotatable bonds is 2. The lowest BCUT2D eigenvalue weighted by molar-refractivity contribution is 0.0717. The molecule has 0 aromatic carbocycles. The van der Waals surface area contributed by atoms with Gasteiger partial charge in [0.1, 0.15) is 4.88 Å². The maximum absolute atomic E-state index is 12.7. The SMILES string of the molecule is Cc1csc(C2CCN(C(=O)c3cnc(C(C)(C)C)s3)CC2)n1. The Hall–Kier alpha value is -1.27. The van der Waals surface area contributed by atoms with Crippen LogP contribution in [0.1, 0.15) is 64.9 Å². The van der Waals surface area contributed by atoms with E-state index in [-0.39, 0.29) is 11.3 Å². The van der Waals surface area contributed by atoms with E-state index >= 15 is 0 Å². The average Bonchev–Trinajstić information content (AvgIpc) is 3.15. The van der Waals surface area contributed by atoms with Crippen LogP contribution in [0.15, 0.2) is 11.6 Å². The molecule has 124 valence electrons. The van der Waals surface area contributed by atoms with Crippen molar-refractivity contribution in [3.05, 3.63) is 32.2 Å². The molecule has 0 unspecified atom stereocenters. The molecule has 0 radical (unpaired) electrons. The minimum atomic E-state index is -0.00110. The third-order valence-electron chi connectivity index (χ3n) is 4.13. The average molecular weight is 350 g/mol. The Labute approximate surface area is 145 Å². The van der Waals surface area contributed by atoms with Gasteiger partial charge in [-0.15, -0.1) is 22.7 Å². The Bertz CT molecular complexity index is 691. The standard InChI is InChI=1S/C17H23N3OS2/c1-11-10-22-14(19-11)12-5-7-20(8-6-12)15(21)13-9-18-16(23-13)17(2,3)4/h9-10,12H,5-8H2,1-4H3. The largest absolute Gasteiger partial charge is 0.338 e. The molecule has 3 heterocycles. The fourth-order valence-corrected chi connectivity index (χ4v) is 4.68. The highest BCUT2D eigenvalue weighted by Gasteiger charge is 2.28. The molecule has 1 aliphatic rings. The van der Waals surface area contributed by atoms with Crippen LogP contribution in [-0.4, -0.2) is 33.9 Å². The van der Waals surface area contributed by atoms with Gasteiger partial charge in [0, 0.05) is 35.5 Å². The third kappa shape index (κ3) is 3.63. The lowest BCUT2D eigenvalue weighted by Gasteiger charge is -2.30. The first-order valence-electron chi connectivity index (χ1n) is 8.02. The van der Waals surface area contributed by atoms with E-state index in [0.717, 1.165) is 41.5 Å². The van der Waals surface area contributed by atoms with Gasteiger partial charge < -0.3 is 4.90 Å². The monoisotopic (exact) mass is 349 g/mol. The summed E-state index contributed by atoms with van der Waals surface area (Å²) in [5, 5.41) is 4.36. The lowest BCUT2D eigenvalue weighted by Crippen LogP contribution is -2.37. The van der Waals surface area contributed by atoms with E-state index in [1.165, 1.54) is 16.3 Å². The quantitative estimate of drug-likeness (QED) is 0.815. The van der Waals surface area contributed by atoms with Crippen molar-refractivity contribution < 1.29 is 4.79 Å². The van der Waals surface area contributed by atoms with Crippen LogP contribution in [0.25, 0.3) is 0 Å². The molecule has 0 spiro atoms. The topological polar surface area (TPSA) is 46.1 Å². The summed E-state index contributed by atoms with van der Waals surface area (Å²) in [7, 11) is 0. The van der Waals surface area contributed by atoms with E-state index in [1.54, 1.807) is 17.5 Å². The summed E-state index contributed by atoms with van der Waals surface area (Å²) in [5.74, 6) is 0.635. The zero-order valence-electron chi connectivity index (χ0n) is 14.1. The molecular weight excluding hydrogens is 326 g/mol. The van der Waals surface area contributed by atoms with Crippen LogP contribution in [0.4, 0.5) is 0 Å². The van der Waals surface area contributed by atoms with E-state index in [1.807, 2.05) is 11.8 Å². The van der Waals surface area contributed by atoms with Crippen LogP contribution in [0.2, 0.25) is 0 Å². The number of thiazole rings is 2. The Morgan fingerprint density at radius 2 is 2.00 bits per heavy atom. The molecule has 3 rings (SSSR count). The van der Waals surface area contributed by atoms with E-state index in [2.05, 4.69) is 36.1 Å². The molecule has 1 aliphatic heterocycles. The fraction of sp³-hybridized carbons (Fsp3) is 0.588. The fourth-order valence-electron chi connectivity index (χ4n) is 2.76. The molecular formula is C17H23N3OS2. The normalized spacial score (nSPS) is 16.8. The maximum atomic E-state index is 12.7. The number of nitrogens with zero attached hydrogens (tertiary/aromatic N) is 3. The van der Waals surface area contributed by atoms with Crippen molar-refractivity contribution in [2.45, 2.75) is 51.9 Å². The smallest absolute Gasteiger partial charge is 0.265 e. The van der Waals surface area contributed by atoms with E-state index in [0.29, 0.717) is 5.92 Å². The number of piperidine rings is 1. The zero-order valence-corrected chi connectivity index (χ0v) is 15.8. The molecule has 23 heavy (non-hydrogen) atoms. The van der Waals surface area contributed by atoms with Crippen molar-refractivity contribution >= 4 is 28.6 Å². The van der Waals surface area contributed by atoms with Crippen molar-refractivity contribution in [1.29, 1.82) is 0 Å². The number of carbonyl (C=O) groups is 1. The molecule has 2 aromatic heterocycles. The Balaban J connectivity index is 1.63. The Morgan fingerprint density at radius 3 is 2.52 bits per heavy atom. The zero-order chi connectivity index (χ0) is 16.6. The second kappa shape index (κ2) is 6.32. The van der Waals surface area contributed by atoms with Crippen LogP contribution in [0.5, 0.6) is 0 Å². The molecule has 0 aliphatic carbocycles. The second-order valence-electron chi connectivity index (χ2n) is 7.17. The van der Waals surface area contributed by atoms with Gasteiger partial charge in [-0.1, -0.05) is 20.8 Å². The molecule has 0 bridgehead atoms. The molecule has 1 fully saturated rings. The van der Waals surface area contributed by atoms with Gasteiger partial charge in [0.15, 0.2) is 0 Å². The van der Waals surface area contributed by atoms with Crippen molar-refractivity contribution in [3.8, 4) is 0 Å². The molecule has 2 aromatic rings. The van der Waals surface area contributed by atoms with E-state index < -0.39 is 0 Å². The highest BCUT2D eigenvalue weighted by molar-refractivity contribution is 7.13. The van der Waals surface area contributed by atoms with Gasteiger partial charge in [-0.25, -0.2) is 9.97 Å². The predicted molar refractivity (Wildman–Crippen MR) is 95.5 cm³/mol. The van der Waals surface area contributed by atoms with Crippen molar-refractivity contribution in [1.82, 2.24) is 14.9 Å². The van der Waals surface area contributed by atoms with Gasteiger partial charge in [0.05, 0.1) is 16.2 Å². The minimum Gasteiger partial charge on any atom is -0.338 e. The van der Waals surface area contributed by atoms with E-state index in [9.17, 15) is 4.79 Å². The summed E-state index contributed by atoms with van der Waals surface area (Å²) >= 11 is 3.28. The molecule has 0 N–H and O–H groups in total. The van der Waals surface area contributed by atoms with Gasteiger partial charge >= 0.3 is 0 Å². The molecule has 0 saturated carbocycles. The van der Waals surface area contributed by atoms with Crippen LogP contribution in [0.3, 0.4) is 0 Å². The Kier molecular flexibility index (Phi) is 4.56. The van der Waals surface area contributed by atoms with Crippen molar-refractivity contribution in [2.75, 3.05) is 13.1 Å². The van der Waals surface area contributed by atoms with Crippen molar-refractivity contribution in [2.24, 2.45) is 0 Å². The highest BCUT2D eigenvalue weighted by atomic mass is 32.1. The van der Waals surface area contributed by atoms with Gasteiger partial charge in [-0.3, -0.25) is 4.79 Å². The number of likely N-dealkylation sites (tertiary alicyclic amines) is 1. The van der Waals surface area contributed by atoms with Gasteiger partial charge in [0.25, 0.3) is 5.91 Å². The summed E-state index contributed by atoms with van der Waals surface area (Å²) in [6, 6.07) is 0. The Morgan fingerprint density at radius 1 is 1.30 bits per heavy atom. The van der Waals surface area contributed by atoms with Crippen LogP contribution < -0.4 is 0 Å². The second-order valence-corrected chi connectivity index (χ2v) is 9.09. The minimum absolute atomic E-state index is 0.00110. The number of hydrogen-bond donors (Lipinski definition) is 0. The number of aromatic nitrogens is 2. The molecule has 1 amide bonds. The van der Waals surface area contributed by atoms with E-state index in [4.69, 9.17) is 0 Å². The summed E-state index contributed by atoms with van der Waals surface area (Å²) in [4.78, 5) is 24.4. The van der Waals surface area contributed by atoms with Crippen molar-refractivity contribution in [3.63, 3.8) is 0 Å². The molecule has 4 nitrogen and oxygen atoms in total. The maximum Gasteiger partial charge on any atom is 0.265 e. The molecule has 6 heteroatoms. The summed E-state index contributed by atoms with van der Waals surface area (Å²) < 4.78 is 0. The highest BCUT2D eigenvalue weighted by Crippen LogP contribution is 2.32. The summed E-state index contributed by atoms with van der Waals surface area (Å²) in [5.41, 5.74) is 1.10. The van der Waals surface area contributed by atoms with Gasteiger partial charge in [-0.05, 0) is 19.8 Å². The molecule has 0 atom stereocenters. The van der Waals surface area contributed by atoms with Gasteiger partial charge in [0.2, 0.25) is 0 Å². The number of hydrogen-bond acceptors (Lipinski definition) is 5. The van der Waals surface area contributed by atoms with Crippen LogP contribution in [-0.2, 0) is 5.41 Å². The summed E-state index contributed by atoms with van der Waals surface area (Å²) in [6.07, 6.45) is 3.75. The number of aryl methyl sites for hydroxylation is 1. The first-order valence-corrected chi connectivity index (χ1v) is 9.72. The lowest BCUT2D eigenvalue weighted by atomic mass is 9.97. The third-order valence-corrected chi connectivity index (χ3v) is 6.66. The van der Waals surface area contributed by atoms with Gasteiger partial charge in [-0.2, -0.15) is 0 Å². The summed E-state index contributed by atoms with van der Waals surface area (Å²) in [6.45, 7) is 10.0.